The van der Waals surface area contributed by atoms with E-state index in [-0.39, 0.29) is 11.6 Å². The molecule has 0 spiro atoms. The van der Waals surface area contributed by atoms with Crippen molar-refractivity contribution in [3.05, 3.63) is 75.7 Å². The van der Waals surface area contributed by atoms with Crippen molar-refractivity contribution in [2.24, 2.45) is 0 Å². The van der Waals surface area contributed by atoms with Gasteiger partial charge in [-0.2, -0.15) is 0 Å². The molecule has 8 nitrogen and oxygen atoms in total. The molecule has 1 aliphatic carbocycles. The van der Waals surface area contributed by atoms with Crippen LogP contribution >= 0.6 is 0 Å². The van der Waals surface area contributed by atoms with Gasteiger partial charge in [0.25, 0.3) is 5.56 Å². The van der Waals surface area contributed by atoms with Crippen LogP contribution in [0.2, 0.25) is 0 Å². The molecule has 3 aromatic heterocycles. The predicted octanol–water partition coefficient (Wildman–Crippen LogP) is 4.75. The molecule has 34 heavy (non-hydrogen) atoms. The summed E-state index contributed by atoms with van der Waals surface area (Å²) in [5, 5.41) is 13.8. The van der Waals surface area contributed by atoms with E-state index >= 15 is 0 Å². The van der Waals surface area contributed by atoms with Crippen molar-refractivity contribution in [3.63, 3.8) is 0 Å². The maximum Gasteiger partial charge on any atom is 0.252 e. The summed E-state index contributed by atoms with van der Waals surface area (Å²) >= 11 is 0. The lowest BCUT2D eigenvalue weighted by Crippen LogP contribution is -2.41. The van der Waals surface area contributed by atoms with Crippen LogP contribution in [0.15, 0.2) is 51.9 Å². The number of H-pyrrole nitrogens is 1. The molecular weight excluding hydrogens is 428 g/mol. The number of hydrogen-bond donors (Lipinski definition) is 1. The van der Waals surface area contributed by atoms with Crippen molar-refractivity contribution in [1.82, 2.24) is 30.1 Å². The second-order valence-electron chi connectivity index (χ2n) is 9.38. The summed E-state index contributed by atoms with van der Waals surface area (Å²) in [6.07, 6.45) is 8.46. The lowest BCUT2D eigenvalue weighted by Gasteiger charge is -2.39. The minimum absolute atomic E-state index is 0.00109. The van der Waals surface area contributed by atoms with Crippen molar-refractivity contribution in [2.75, 3.05) is 0 Å². The normalized spacial score (nSPS) is 15.9. The maximum atomic E-state index is 13.1. The third kappa shape index (κ3) is 4.68. The lowest BCUT2D eigenvalue weighted by atomic mass is 9.92. The molecule has 3 heterocycles. The standard InChI is InChI=1S/C26H32N6O2/c1-3-24(25-28-29-30-32(25)17-22-10-7-13-34-22)31(21-8-5-4-6-9-21)16-20-15-19-12-11-18(2)14-23(19)27-26(20)33/h7,10-15,21,24H,3-6,8-9,16-17H2,1-2H3,(H,27,33). The first-order chi connectivity index (χ1) is 16.6. The van der Waals surface area contributed by atoms with E-state index in [0.717, 1.165) is 52.9 Å². The number of aromatic nitrogens is 5. The van der Waals surface area contributed by atoms with E-state index in [2.05, 4.69) is 44.5 Å². The Hall–Kier alpha value is -3.26. The van der Waals surface area contributed by atoms with Gasteiger partial charge in [0.2, 0.25) is 0 Å². The molecule has 0 bridgehead atoms. The van der Waals surface area contributed by atoms with Gasteiger partial charge in [0.1, 0.15) is 12.3 Å². The fourth-order valence-electron chi connectivity index (χ4n) is 5.26. The zero-order valence-electron chi connectivity index (χ0n) is 19.9. The second-order valence-corrected chi connectivity index (χ2v) is 9.38. The first-order valence-corrected chi connectivity index (χ1v) is 12.3. The third-order valence-corrected chi connectivity index (χ3v) is 7.01. The minimum Gasteiger partial charge on any atom is -0.467 e. The highest BCUT2D eigenvalue weighted by Gasteiger charge is 2.32. The maximum absolute atomic E-state index is 13.1. The number of tetrazole rings is 1. The predicted molar refractivity (Wildman–Crippen MR) is 130 cm³/mol. The molecule has 1 atom stereocenters. The number of nitrogens with one attached hydrogen (secondary N) is 1. The van der Waals surface area contributed by atoms with E-state index in [1.807, 2.05) is 35.9 Å². The number of hydrogen-bond acceptors (Lipinski definition) is 6. The van der Waals surface area contributed by atoms with Crippen molar-refractivity contribution in [1.29, 1.82) is 0 Å². The van der Waals surface area contributed by atoms with Crippen molar-refractivity contribution in [2.45, 2.75) is 77.5 Å². The Balaban J connectivity index is 1.50. The summed E-state index contributed by atoms with van der Waals surface area (Å²) < 4.78 is 7.37. The molecule has 1 saturated carbocycles. The van der Waals surface area contributed by atoms with Gasteiger partial charge in [-0.3, -0.25) is 9.69 Å². The molecule has 4 aromatic rings. The summed E-state index contributed by atoms with van der Waals surface area (Å²) in [6.45, 7) is 5.26. The summed E-state index contributed by atoms with van der Waals surface area (Å²) in [7, 11) is 0. The quantitative estimate of drug-likeness (QED) is 0.408. The number of aromatic amines is 1. The zero-order valence-corrected chi connectivity index (χ0v) is 19.9. The molecule has 1 N–H and O–H groups in total. The van der Waals surface area contributed by atoms with Crippen LogP contribution in [-0.4, -0.2) is 36.1 Å². The van der Waals surface area contributed by atoms with E-state index in [1.165, 1.54) is 19.3 Å². The fraction of sp³-hybridized carbons (Fsp3) is 0.462. The van der Waals surface area contributed by atoms with E-state index in [9.17, 15) is 4.79 Å². The summed E-state index contributed by atoms with van der Waals surface area (Å²) in [4.78, 5) is 18.7. The molecular formula is C26H32N6O2. The molecule has 1 aliphatic rings. The zero-order chi connectivity index (χ0) is 23.5. The van der Waals surface area contributed by atoms with Gasteiger partial charge >= 0.3 is 0 Å². The smallest absolute Gasteiger partial charge is 0.252 e. The molecule has 178 valence electrons. The molecule has 1 unspecified atom stereocenters. The first kappa shape index (κ1) is 22.5. The summed E-state index contributed by atoms with van der Waals surface area (Å²) in [5.74, 6) is 1.63. The molecule has 0 amide bonds. The Bertz CT molecular complexity index is 1290. The molecule has 1 fully saturated rings. The highest BCUT2D eigenvalue weighted by atomic mass is 16.3. The number of aryl methyl sites for hydroxylation is 1. The van der Waals surface area contributed by atoms with E-state index in [4.69, 9.17) is 4.42 Å². The van der Waals surface area contributed by atoms with Crippen molar-refractivity contribution < 1.29 is 4.42 Å². The third-order valence-electron chi connectivity index (χ3n) is 7.01. The van der Waals surface area contributed by atoms with E-state index < -0.39 is 0 Å². The number of rotatable bonds is 8. The van der Waals surface area contributed by atoms with Gasteiger partial charge in [0.05, 0.1) is 12.3 Å². The van der Waals surface area contributed by atoms with Crippen molar-refractivity contribution in [3.8, 4) is 0 Å². The van der Waals surface area contributed by atoms with Crippen LogP contribution in [0.3, 0.4) is 0 Å². The Morgan fingerprint density at radius 2 is 2.06 bits per heavy atom. The van der Waals surface area contributed by atoms with Crippen LogP contribution in [-0.2, 0) is 13.1 Å². The summed E-state index contributed by atoms with van der Waals surface area (Å²) in [6, 6.07) is 12.4. The topological polar surface area (TPSA) is 92.8 Å². The fourth-order valence-corrected chi connectivity index (χ4v) is 5.26. The van der Waals surface area contributed by atoms with Gasteiger partial charge in [-0.25, -0.2) is 4.68 Å². The average molecular weight is 461 g/mol. The van der Waals surface area contributed by atoms with E-state index in [1.54, 1.807) is 6.26 Å². The van der Waals surface area contributed by atoms with Gasteiger partial charge < -0.3 is 9.40 Å². The van der Waals surface area contributed by atoms with Crippen LogP contribution in [0, 0.1) is 6.92 Å². The molecule has 1 aromatic carbocycles. The highest BCUT2D eigenvalue weighted by molar-refractivity contribution is 5.79. The average Bonchev–Trinajstić information content (AvgIpc) is 3.53. The minimum atomic E-state index is -0.0241. The molecule has 0 radical (unpaired) electrons. The largest absolute Gasteiger partial charge is 0.467 e. The summed E-state index contributed by atoms with van der Waals surface area (Å²) in [5.41, 5.74) is 2.77. The Morgan fingerprint density at radius 3 is 2.82 bits per heavy atom. The SMILES string of the molecule is CCC(c1nnnn1Cc1ccco1)N(Cc1cc2ccc(C)cc2[nH]c1=O)C1CCCCC1. The Labute approximate surface area is 199 Å². The Morgan fingerprint density at radius 1 is 1.21 bits per heavy atom. The number of benzene rings is 1. The monoisotopic (exact) mass is 460 g/mol. The number of fused-ring (bicyclic) bond motifs is 1. The van der Waals surface area contributed by atoms with Crippen LogP contribution in [0.25, 0.3) is 10.9 Å². The van der Waals surface area contributed by atoms with Crippen molar-refractivity contribution >= 4 is 10.9 Å². The Kier molecular flexibility index (Phi) is 6.58. The number of pyridine rings is 1. The molecule has 0 saturated heterocycles. The van der Waals surface area contributed by atoms with Crippen LogP contribution < -0.4 is 5.56 Å². The number of furan rings is 1. The van der Waals surface area contributed by atoms with Gasteiger partial charge in [-0.1, -0.05) is 38.3 Å². The first-order valence-electron chi connectivity index (χ1n) is 12.3. The van der Waals surface area contributed by atoms with Crippen LogP contribution in [0.1, 0.15) is 74.2 Å². The molecule has 5 rings (SSSR count). The molecule has 8 heteroatoms. The molecule has 0 aliphatic heterocycles. The van der Waals surface area contributed by atoms with E-state index in [0.29, 0.717) is 19.1 Å². The highest BCUT2D eigenvalue weighted by Crippen LogP contribution is 2.33. The van der Waals surface area contributed by atoms with Gasteiger partial charge in [-0.15, -0.1) is 5.10 Å². The van der Waals surface area contributed by atoms with Gasteiger partial charge in [0, 0.05) is 23.7 Å². The second kappa shape index (κ2) is 9.93. The van der Waals surface area contributed by atoms with Gasteiger partial charge in [0.15, 0.2) is 5.82 Å². The van der Waals surface area contributed by atoms with Crippen LogP contribution in [0.5, 0.6) is 0 Å². The van der Waals surface area contributed by atoms with Gasteiger partial charge in [-0.05, 0) is 71.8 Å². The lowest BCUT2D eigenvalue weighted by molar-refractivity contribution is 0.0842. The van der Waals surface area contributed by atoms with Crippen LogP contribution in [0.4, 0.5) is 0 Å². The number of nitrogens with zero attached hydrogens (tertiary/aromatic N) is 5.